The summed E-state index contributed by atoms with van der Waals surface area (Å²) in [5, 5.41) is 1.30. The molecule has 0 saturated carbocycles. The third-order valence-corrected chi connectivity index (χ3v) is 4.30. The van der Waals surface area contributed by atoms with Crippen molar-refractivity contribution in [3.63, 3.8) is 0 Å². The van der Waals surface area contributed by atoms with E-state index >= 15 is 0 Å². The second-order valence-corrected chi connectivity index (χ2v) is 6.33. The number of hydrogen-bond acceptors (Lipinski definition) is 2. The minimum Gasteiger partial charge on any atom is -0.379 e. The number of benzene rings is 2. The van der Waals surface area contributed by atoms with Crippen LogP contribution in [0.3, 0.4) is 0 Å². The summed E-state index contributed by atoms with van der Waals surface area (Å²) in [6, 6.07) is 14.9. The van der Waals surface area contributed by atoms with Gasteiger partial charge >= 0.3 is 0 Å². The summed E-state index contributed by atoms with van der Waals surface area (Å²) in [7, 11) is 1.97. The van der Waals surface area contributed by atoms with Gasteiger partial charge in [-0.3, -0.25) is 4.79 Å². The fourth-order valence-corrected chi connectivity index (χ4v) is 3.04. The lowest BCUT2D eigenvalue weighted by Crippen LogP contribution is -2.31. The highest BCUT2D eigenvalue weighted by Gasteiger charge is 2.29. The van der Waals surface area contributed by atoms with Crippen LogP contribution in [0.5, 0.6) is 0 Å². The van der Waals surface area contributed by atoms with Crippen molar-refractivity contribution in [3.05, 3.63) is 75.9 Å². The molecule has 1 heterocycles. The van der Waals surface area contributed by atoms with Gasteiger partial charge in [-0.15, -0.1) is 0 Å². The second-order valence-electron chi connectivity index (χ2n) is 5.46. The van der Waals surface area contributed by atoms with Crippen LogP contribution >= 0.6 is 23.2 Å². The molecule has 112 valence electrons. The number of rotatable bonds is 2. The van der Waals surface area contributed by atoms with E-state index in [1.165, 1.54) is 0 Å². The third kappa shape index (κ3) is 3.03. The van der Waals surface area contributed by atoms with Gasteiger partial charge in [0.1, 0.15) is 0 Å². The molecule has 1 unspecified atom stereocenters. The Labute approximate surface area is 140 Å². The van der Waals surface area contributed by atoms with E-state index in [-0.39, 0.29) is 11.7 Å². The van der Waals surface area contributed by atoms with E-state index in [4.69, 9.17) is 23.2 Å². The van der Waals surface area contributed by atoms with Crippen LogP contribution in [0.4, 0.5) is 0 Å². The summed E-state index contributed by atoms with van der Waals surface area (Å²) in [6.45, 7) is 0.657. The van der Waals surface area contributed by atoms with Gasteiger partial charge in [-0.2, -0.15) is 0 Å². The molecule has 0 radical (unpaired) electrons. The Morgan fingerprint density at radius 2 is 1.77 bits per heavy atom. The summed E-state index contributed by atoms with van der Waals surface area (Å²) in [5.74, 6) is -0.0797. The van der Waals surface area contributed by atoms with Gasteiger partial charge in [0, 0.05) is 35.4 Å². The number of carbonyl (C=O) groups excluding carboxylic acids is 1. The highest BCUT2D eigenvalue weighted by Crippen LogP contribution is 2.32. The van der Waals surface area contributed by atoms with Gasteiger partial charge in [0.05, 0.1) is 5.92 Å². The first-order valence-corrected chi connectivity index (χ1v) is 7.78. The molecule has 0 aliphatic carbocycles. The SMILES string of the molecule is CN1C=C(c2cccc(Cl)c2)C(=O)C(c2ccc(Cl)cc2)C1. The second kappa shape index (κ2) is 6.15. The highest BCUT2D eigenvalue weighted by atomic mass is 35.5. The Kier molecular flexibility index (Phi) is 4.23. The van der Waals surface area contributed by atoms with Gasteiger partial charge in [-0.1, -0.05) is 47.5 Å². The van der Waals surface area contributed by atoms with Crippen LogP contribution < -0.4 is 0 Å². The van der Waals surface area contributed by atoms with Gasteiger partial charge in [-0.05, 0) is 35.4 Å². The van der Waals surface area contributed by atoms with Gasteiger partial charge in [0.2, 0.25) is 0 Å². The maximum Gasteiger partial charge on any atom is 0.174 e. The van der Waals surface area contributed by atoms with Gasteiger partial charge in [0.15, 0.2) is 5.78 Å². The molecular weight excluding hydrogens is 317 g/mol. The molecule has 2 aromatic carbocycles. The number of nitrogens with zero attached hydrogens (tertiary/aromatic N) is 1. The third-order valence-electron chi connectivity index (χ3n) is 3.81. The largest absolute Gasteiger partial charge is 0.379 e. The van der Waals surface area contributed by atoms with E-state index in [2.05, 4.69) is 0 Å². The zero-order valence-electron chi connectivity index (χ0n) is 12.1. The number of halogens is 2. The van der Waals surface area contributed by atoms with Crippen molar-refractivity contribution >= 4 is 34.6 Å². The van der Waals surface area contributed by atoms with E-state index in [0.717, 1.165) is 11.1 Å². The molecule has 0 N–H and O–H groups in total. The molecule has 2 nitrogen and oxygen atoms in total. The van der Waals surface area contributed by atoms with Crippen LogP contribution in [0.15, 0.2) is 54.7 Å². The van der Waals surface area contributed by atoms with Crippen molar-refractivity contribution < 1.29 is 4.79 Å². The minimum atomic E-state index is -0.193. The van der Waals surface area contributed by atoms with Crippen LogP contribution in [0.2, 0.25) is 10.0 Å². The first-order valence-electron chi connectivity index (χ1n) is 7.02. The smallest absolute Gasteiger partial charge is 0.174 e. The van der Waals surface area contributed by atoms with Gasteiger partial charge < -0.3 is 4.90 Å². The van der Waals surface area contributed by atoms with E-state index in [0.29, 0.717) is 22.2 Å². The predicted molar refractivity (Wildman–Crippen MR) is 91.3 cm³/mol. The molecule has 1 atom stereocenters. The van der Waals surface area contributed by atoms with E-state index in [9.17, 15) is 4.79 Å². The number of carbonyl (C=O) groups is 1. The molecule has 0 aromatic heterocycles. The standard InChI is InChI=1S/C18H15Cl2NO/c1-21-10-16(12-5-7-14(19)8-6-12)18(22)17(11-21)13-3-2-4-15(20)9-13/h2-9,11,16H,10H2,1H3. The lowest BCUT2D eigenvalue weighted by Gasteiger charge is -2.29. The van der Waals surface area contributed by atoms with Crippen molar-refractivity contribution in [2.75, 3.05) is 13.6 Å². The molecule has 4 heteroatoms. The van der Waals surface area contributed by atoms with Gasteiger partial charge in [-0.25, -0.2) is 0 Å². The normalized spacial score (nSPS) is 18.3. The summed E-state index contributed by atoms with van der Waals surface area (Å²) in [4.78, 5) is 14.9. The molecule has 0 saturated heterocycles. The van der Waals surface area contributed by atoms with Crippen molar-refractivity contribution in [2.24, 2.45) is 0 Å². The lowest BCUT2D eigenvalue weighted by atomic mass is 9.85. The molecule has 3 rings (SSSR count). The van der Waals surface area contributed by atoms with Crippen LogP contribution in [0.25, 0.3) is 5.57 Å². The number of hydrogen-bond donors (Lipinski definition) is 0. The quantitative estimate of drug-likeness (QED) is 0.799. The Hall–Kier alpha value is -1.77. The van der Waals surface area contributed by atoms with E-state index in [1.807, 2.05) is 60.6 Å². The first kappa shape index (κ1) is 15.1. The van der Waals surface area contributed by atoms with Crippen LogP contribution in [0, 0.1) is 0 Å². The Morgan fingerprint density at radius 1 is 1.05 bits per heavy atom. The Balaban J connectivity index is 1.99. The fourth-order valence-electron chi connectivity index (χ4n) is 2.72. The summed E-state index contributed by atoms with van der Waals surface area (Å²) < 4.78 is 0. The molecule has 2 aromatic rings. The van der Waals surface area contributed by atoms with Gasteiger partial charge in [0.25, 0.3) is 0 Å². The number of ketones is 1. The monoisotopic (exact) mass is 331 g/mol. The summed E-state index contributed by atoms with van der Waals surface area (Å²) in [6.07, 6.45) is 1.89. The van der Waals surface area contributed by atoms with Crippen LogP contribution in [-0.2, 0) is 4.79 Å². The molecule has 0 fully saturated rings. The minimum absolute atomic E-state index is 0.114. The molecule has 1 aliphatic heterocycles. The van der Waals surface area contributed by atoms with Crippen LogP contribution in [-0.4, -0.2) is 24.3 Å². The Morgan fingerprint density at radius 3 is 2.45 bits per heavy atom. The maximum absolute atomic E-state index is 12.9. The van der Waals surface area contributed by atoms with Crippen molar-refractivity contribution in [1.29, 1.82) is 0 Å². The average Bonchev–Trinajstić information content (AvgIpc) is 2.50. The molecule has 0 spiro atoms. The Bertz CT molecular complexity index is 737. The molecule has 1 aliphatic rings. The van der Waals surface area contributed by atoms with E-state index < -0.39 is 0 Å². The highest BCUT2D eigenvalue weighted by molar-refractivity contribution is 6.31. The van der Waals surface area contributed by atoms with Crippen molar-refractivity contribution in [3.8, 4) is 0 Å². The molecule has 0 amide bonds. The lowest BCUT2D eigenvalue weighted by molar-refractivity contribution is -0.115. The number of Topliss-reactive ketones (excluding diaryl/α,β-unsaturated/α-hetero) is 1. The van der Waals surface area contributed by atoms with E-state index in [1.54, 1.807) is 6.07 Å². The molecular formula is C18H15Cl2NO. The fraction of sp³-hybridized carbons (Fsp3) is 0.167. The van der Waals surface area contributed by atoms with Crippen molar-refractivity contribution in [2.45, 2.75) is 5.92 Å². The van der Waals surface area contributed by atoms with Crippen LogP contribution in [0.1, 0.15) is 17.0 Å². The number of allylic oxidation sites excluding steroid dienone is 1. The maximum atomic E-state index is 12.9. The average molecular weight is 332 g/mol. The number of likely N-dealkylation sites (N-methyl/N-ethyl adjacent to an activating group) is 1. The zero-order valence-corrected chi connectivity index (χ0v) is 13.6. The summed E-state index contributed by atoms with van der Waals surface area (Å²) in [5.41, 5.74) is 2.52. The summed E-state index contributed by atoms with van der Waals surface area (Å²) >= 11 is 12.0. The predicted octanol–water partition coefficient (Wildman–Crippen LogP) is 4.63. The van der Waals surface area contributed by atoms with Crippen molar-refractivity contribution in [1.82, 2.24) is 4.90 Å². The molecule has 0 bridgehead atoms. The topological polar surface area (TPSA) is 20.3 Å². The first-order chi connectivity index (χ1) is 10.5. The zero-order chi connectivity index (χ0) is 15.7. The molecule has 22 heavy (non-hydrogen) atoms.